The summed E-state index contributed by atoms with van der Waals surface area (Å²) in [6.07, 6.45) is 7.98. The topological polar surface area (TPSA) is 37.1 Å². The third-order valence-corrected chi connectivity index (χ3v) is 2.72. The first-order chi connectivity index (χ1) is 10.0. The summed E-state index contributed by atoms with van der Waals surface area (Å²) in [5.74, 6) is 0. The van der Waals surface area contributed by atoms with Gasteiger partial charge in [0.05, 0.1) is 22.8 Å². The van der Waals surface area contributed by atoms with Crippen LogP contribution in [0.2, 0.25) is 0 Å². The highest BCUT2D eigenvalue weighted by Gasteiger charge is 2.00. The highest BCUT2D eigenvalue weighted by molar-refractivity contribution is 6.19. The molecule has 0 fully saturated rings. The van der Waals surface area contributed by atoms with Crippen LogP contribution in [0.5, 0.6) is 0 Å². The first kappa shape index (κ1) is 15.1. The Labute approximate surface area is 126 Å². The minimum atomic E-state index is 0.308. The third-order valence-electron chi connectivity index (χ3n) is 2.72. The Kier molecular flexibility index (Phi) is 4.99. The van der Waals surface area contributed by atoms with Crippen molar-refractivity contribution in [3.63, 3.8) is 0 Å². The van der Waals surface area contributed by atoms with Crippen LogP contribution in [0.25, 0.3) is 0 Å². The molecule has 21 heavy (non-hydrogen) atoms. The number of hydrogen-bond acceptors (Lipinski definition) is 3. The molecule has 0 atom stereocenters. The molecule has 1 aliphatic carbocycles. The minimum Gasteiger partial charge on any atom is -0.283 e. The molecule has 3 nitrogen and oxygen atoms in total. The van der Waals surface area contributed by atoms with E-state index < -0.39 is 0 Å². The predicted octanol–water partition coefficient (Wildman–Crippen LogP) is 4.85. The lowest BCUT2D eigenvalue weighted by Crippen LogP contribution is -2.02. The van der Waals surface area contributed by atoms with Crippen LogP contribution in [-0.4, -0.2) is 23.2 Å². The fourth-order valence-corrected chi connectivity index (χ4v) is 1.92. The molecular weight excluding hydrogens is 258 g/mol. The molecule has 3 heteroatoms. The highest BCUT2D eigenvalue weighted by atomic mass is 14.8. The molecule has 0 saturated heterocycles. The summed E-state index contributed by atoms with van der Waals surface area (Å²) >= 11 is 0. The second-order valence-electron chi connectivity index (χ2n) is 5.43. The molecule has 2 rings (SSSR count). The number of benzene rings is 1. The second kappa shape index (κ2) is 6.93. The lowest BCUT2D eigenvalue weighted by atomic mass is 10.1. The summed E-state index contributed by atoms with van der Waals surface area (Å²) in [5, 5.41) is 0. The first-order valence-electron chi connectivity index (χ1n) is 7.17. The zero-order valence-electron chi connectivity index (χ0n) is 13.0. The van der Waals surface area contributed by atoms with E-state index in [0.717, 1.165) is 28.5 Å². The maximum atomic E-state index is 4.59. The van der Waals surface area contributed by atoms with Gasteiger partial charge in [-0.2, -0.15) is 0 Å². The van der Waals surface area contributed by atoms with Crippen LogP contribution in [0, 0.1) is 0 Å². The van der Waals surface area contributed by atoms with Crippen molar-refractivity contribution in [2.75, 3.05) is 0 Å². The molecule has 1 aromatic rings. The quantitative estimate of drug-likeness (QED) is 0.560. The molecule has 0 heterocycles. The Hall–Kier alpha value is -2.29. The SMILES string of the molecule is CC(C)=Nc1ccc(N=C2C=CC(=NC(C)C)C=C2)cc1. The van der Waals surface area contributed by atoms with Crippen molar-refractivity contribution in [3.05, 3.63) is 48.6 Å². The summed E-state index contributed by atoms with van der Waals surface area (Å²) < 4.78 is 0. The van der Waals surface area contributed by atoms with Gasteiger partial charge in [-0.15, -0.1) is 0 Å². The van der Waals surface area contributed by atoms with Gasteiger partial charge in [0.25, 0.3) is 0 Å². The lowest BCUT2D eigenvalue weighted by molar-refractivity contribution is 0.838. The van der Waals surface area contributed by atoms with Gasteiger partial charge in [-0.1, -0.05) is 0 Å². The summed E-state index contributed by atoms with van der Waals surface area (Å²) in [4.78, 5) is 13.5. The maximum Gasteiger partial charge on any atom is 0.0638 e. The number of nitrogens with zero attached hydrogens (tertiary/aromatic N) is 3. The largest absolute Gasteiger partial charge is 0.283 e. The Morgan fingerprint density at radius 3 is 1.86 bits per heavy atom. The zero-order chi connectivity index (χ0) is 15.2. The number of aliphatic imine (C=N–C) groups is 3. The fourth-order valence-electron chi connectivity index (χ4n) is 1.92. The second-order valence-corrected chi connectivity index (χ2v) is 5.43. The van der Waals surface area contributed by atoms with E-state index in [2.05, 4.69) is 28.8 Å². The van der Waals surface area contributed by atoms with Crippen molar-refractivity contribution in [3.8, 4) is 0 Å². The zero-order valence-corrected chi connectivity index (χ0v) is 13.0. The van der Waals surface area contributed by atoms with E-state index in [1.165, 1.54) is 0 Å². The minimum absolute atomic E-state index is 0.308. The van der Waals surface area contributed by atoms with Gasteiger partial charge in [0.15, 0.2) is 0 Å². The highest BCUT2D eigenvalue weighted by Crippen LogP contribution is 2.19. The number of allylic oxidation sites excluding steroid dienone is 4. The third kappa shape index (κ3) is 4.95. The fraction of sp³-hybridized carbons (Fsp3) is 0.278. The summed E-state index contributed by atoms with van der Waals surface area (Å²) in [7, 11) is 0. The van der Waals surface area contributed by atoms with Crippen LogP contribution in [0.3, 0.4) is 0 Å². The van der Waals surface area contributed by atoms with Crippen molar-refractivity contribution in [1.82, 2.24) is 0 Å². The van der Waals surface area contributed by atoms with E-state index in [9.17, 15) is 0 Å². The monoisotopic (exact) mass is 279 g/mol. The van der Waals surface area contributed by atoms with E-state index >= 15 is 0 Å². The van der Waals surface area contributed by atoms with E-state index in [1.807, 2.05) is 62.4 Å². The summed E-state index contributed by atoms with van der Waals surface area (Å²) in [6, 6.07) is 8.23. The van der Waals surface area contributed by atoms with E-state index in [4.69, 9.17) is 0 Å². The molecule has 0 N–H and O–H groups in total. The lowest BCUT2D eigenvalue weighted by Gasteiger charge is -2.04. The Bertz CT molecular complexity index is 620. The van der Waals surface area contributed by atoms with Crippen LogP contribution < -0.4 is 0 Å². The molecular formula is C18H21N3. The van der Waals surface area contributed by atoms with E-state index in [0.29, 0.717) is 6.04 Å². The predicted molar refractivity (Wildman–Crippen MR) is 92.8 cm³/mol. The van der Waals surface area contributed by atoms with Crippen LogP contribution in [0.4, 0.5) is 11.4 Å². The van der Waals surface area contributed by atoms with Crippen molar-refractivity contribution in [2.24, 2.45) is 15.0 Å². The van der Waals surface area contributed by atoms with Gasteiger partial charge in [0.2, 0.25) is 0 Å². The van der Waals surface area contributed by atoms with Gasteiger partial charge < -0.3 is 0 Å². The van der Waals surface area contributed by atoms with Crippen molar-refractivity contribution in [1.29, 1.82) is 0 Å². The van der Waals surface area contributed by atoms with Crippen molar-refractivity contribution < 1.29 is 0 Å². The average Bonchev–Trinajstić information content (AvgIpc) is 2.42. The van der Waals surface area contributed by atoms with Crippen molar-refractivity contribution in [2.45, 2.75) is 33.7 Å². The smallest absolute Gasteiger partial charge is 0.0638 e. The molecule has 0 aromatic heterocycles. The average molecular weight is 279 g/mol. The summed E-state index contributed by atoms with van der Waals surface area (Å²) in [5.41, 5.74) is 4.85. The van der Waals surface area contributed by atoms with Gasteiger partial charge >= 0.3 is 0 Å². The first-order valence-corrected chi connectivity index (χ1v) is 7.17. The Morgan fingerprint density at radius 1 is 0.810 bits per heavy atom. The number of rotatable bonds is 3. The van der Waals surface area contributed by atoms with Gasteiger partial charge in [0, 0.05) is 11.8 Å². The summed E-state index contributed by atoms with van der Waals surface area (Å²) in [6.45, 7) is 8.12. The molecule has 0 radical (unpaired) electrons. The van der Waals surface area contributed by atoms with Gasteiger partial charge in [-0.25, -0.2) is 4.99 Å². The standard InChI is InChI=1S/C18H21N3/c1-13(2)19-15-5-9-17(10-6-15)21-18-11-7-16(8-12-18)20-14(3)4/h5-13H,1-4H3. The molecule has 0 amide bonds. The Morgan fingerprint density at radius 2 is 1.33 bits per heavy atom. The van der Waals surface area contributed by atoms with Gasteiger partial charge in [-0.3, -0.25) is 9.98 Å². The van der Waals surface area contributed by atoms with Crippen LogP contribution in [0.15, 0.2) is 63.5 Å². The molecule has 108 valence electrons. The molecule has 0 bridgehead atoms. The normalized spacial score (nSPS) is 13.6. The Balaban J connectivity index is 2.12. The molecule has 0 spiro atoms. The van der Waals surface area contributed by atoms with Crippen LogP contribution in [0.1, 0.15) is 27.7 Å². The van der Waals surface area contributed by atoms with E-state index in [1.54, 1.807) is 0 Å². The van der Waals surface area contributed by atoms with Crippen LogP contribution >= 0.6 is 0 Å². The molecule has 0 saturated carbocycles. The molecule has 0 aliphatic heterocycles. The molecule has 1 aliphatic rings. The molecule has 0 unspecified atom stereocenters. The molecule has 1 aromatic carbocycles. The van der Waals surface area contributed by atoms with Gasteiger partial charge in [0.1, 0.15) is 0 Å². The van der Waals surface area contributed by atoms with Crippen molar-refractivity contribution >= 4 is 28.5 Å². The number of hydrogen-bond donors (Lipinski definition) is 0. The van der Waals surface area contributed by atoms with Gasteiger partial charge in [-0.05, 0) is 76.3 Å². The van der Waals surface area contributed by atoms with Crippen LogP contribution in [-0.2, 0) is 0 Å². The van der Waals surface area contributed by atoms with E-state index in [-0.39, 0.29) is 0 Å². The maximum absolute atomic E-state index is 4.59.